The highest BCUT2D eigenvalue weighted by Crippen LogP contribution is 2.55. The van der Waals surface area contributed by atoms with E-state index in [1.54, 1.807) is 0 Å². The van der Waals surface area contributed by atoms with Crippen LogP contribution in [-0.2, 0) is 19.9 Å². The van der Waals surface area contributed by atoms with Gasteiger partial charge in [0, 0.05) is 23.6 Å². The van der Waals surface area contributed by atoms with E-state index in [2.05, 4.69) is 19.6 Å². The Kier molecular flexibility index (Phi) is 38.7. The molecule has 2 heterocycles. The molecule has 0 spiro atoms. The minimum absolute atomic E-state index is 0.230. The van der Waals surface area contributed by atoms with E-state index in [1.807, 2.05) is 0 Å². The highest BCUT2D eigenvalue weighted by atomic mass is 32.3. The van der Waals surface area contributed by atoms with E-state index in [4.69, 9.17) is 88.3 Å². The van der Waals surface area contributed by atoms with Gasteiger partial charge < -0.3 is 79.9 Å². The Balaban J connectivity index is -0.000000232. The Morgan fingerprint density at radius 2 is 0.783 bits per heavy atom. The summed E-state index contributed by atoms with van der Waals surface area (Å²) in [6, 6.07) is 0. The Bertz CT molecular complexity index is 612. The fourth-order valence-electron chi connectivity index (χ4n) is 2.43. The van der Waals surface area contributed by atoms with E-state index in [1.165, 1.54) is 32.1 Å². The van der Waals surface area contributed by atoms with Crippen molar-refractivity contribution >= 4 is 44.8 Å². The summed E-state index contributed by atoms with van der Waals surface area (Å²) in [5.41, 5.74) is 0.230. The quantitative estimate of drug-likeness (QED) is 0.0445. The monoisotopic (exact) mass is 779 g/mol. The van der Waals surface area contributed by atoms with E-state index in [0.717, 1.165) is 19.6 Å². The van der Waals surface area contributed by atoms with Crippen molar-refractivity contribution in [2.75, 3.05) is 89.4 Å². The largest absolute Gasteiger partial charge is 0.759 e. The molecule has 0 aromatic carbocycles. The van der Waals surface area contributed by atoms with Crippen molar-refractivity contribution in [3.05, 3.63) is 0 Å². The summed E-state index contributed by atoms with van der Waals surface area (Å²) in [7, 11) is -11.8. The van der Waals surface area contributed by atoms with Gasteiger partial charge in [0.05, 0.1) is 11.5 Å². The number of aliphatic hydroxyl groups excluding tert-OH is 12. The lowest BCUT2D eigenvalue weighted by atomic mass is 10.1. The van der Waals surface area contributed by atoms with Crippen molar-refractivity contribution in [1.82, 2.24) is 0 Å². The van der Waals surface area contributed by atoms with Gasteiger partial charge in [0.2, 0.25) is 0 Å². The summed E-state index contributed by atoms with van der Waals surface area (Å²) in [4.78, 5) is 0. The maximum Gasteiger partial charge on any atom is 0.161 e. The highest BCUT2D eigenvalue weighted by Gasteiger charge is 2.35. The number of hydrogen-bond acceptors (Lipinski definition) is 19. The van der Waals surface area contributed by atoms with Crippen LogP contribution in [0.25, 0.3) is 0 Å². The zero-order chi connectivity index (χ0) is 36.7. The number of rotatable bonds is 12. The van der Waals surface area contributed by atoms with Gasteiger partial charge in [-0.1, -0.05) is 0 Å². The van der Waals surface area contributed by atoms with Gasteiger partial charge in [0.1, 0.15) is 21.8 Å². The summed E-state index contributed by atoms with van der Waals surface area (Å²) < 4.78 is 44.5. The fourth-order valence-corrected chi connectivity index (χ4v) is 4.33. The van der Waals surface area contributed by atoms with E-state index < -0.39 is 32.2 Å². The molecule has 0 amide bonds. The minimum atomic E-state index is -5.17. The Morgan fingerprint density at radius 1 is 0.543 bits per heavy atom. The van der Waals surface area contributed by atoms with Gasteiger partial charge in [0.15, 0.2) is 76.2 Å². The van der Waals surface area contributed by atoms with Gasteiger partial charge in [-0.25, -0.2) is 0 Å². The van der Waals surface area contributed by atoms with Gasteiger partial charge in [-0.2, -0.15) is 0 Å². The van der Waals surface area contributed by atoms with Gasteiger partial charge in [-0.15, -0.1) is 12.6 Å². The molecule has 0 aliphatic carbocycles. The van der Waals surface area contributed by atoms with Crippen LogP contribution in [-0.4, -0.2) is 180 Å². The Labute approximate surface area is 279 Å². The molecule has 2 atom stereocenters. The predicted octanol–water partition coefficient (Wildman–Crippen LogP) is -1.91. The molecule has 0 radical (unpaired) electrons. The van der Waals surface area contributed by atoms with Gasteiger partial charge in [0.25, 0.3) is 0 Å². The van der Waals surface area contributed by atoms with E-state index in [9.17, 15) is 0 Å². The maximum absolute atomic E-state index is 8.55. The third-order valence-electron chi connectivity index (χ3n) is 6.16. The lowest BCUT2D eigenvalue weighted by Gasteiger charge is -2.17. The molecule has 12 N–H and O–H groups in total. The summed E-state index contributed by atoms with van der Waals surface area (Å²) in [5.74, 6) is 0. The highest BCUT2D eigenvalue weighted by molar-refractivity contribution is 7.80. The van der Waals surface area contributed by atoms with E-state index >= 15 is 0 Å². The van der Waals surface area contributed by atoms with E-state index in [-0.39, 0.29) is 81.6 Å². The first-order chi connectivity index (χ1) is 21.5. The first kappa shape index (κ1) is 53.7. The molecule has 0 aromatic rings. The molecule has 2 aliphatic heterocycles. The molecule has 46 heavy (non-hydrogen) atoms. The molecule has 23 heteroatoms. The summed E-state index contributed by atoms with van der Waals surface area (Å²) in [6.45, 7) is 4.04. The number of ether oxygens (including phenoxy) is 2. The Morgan fingerprint density at radius 3 is 0.848 bits per heavy atom. The molecule has 0 aromatic heterocycles. The van der Waals surface area contributed by atoms with Crippen molar-refractivity contribution in [1.29, 1.82) is 0 Å². The molecular formula is C23H58O18P3S2+. The second kappa shape index (κ2) is 33.1. The molecule has 2 rings (SSSR count). The minimum Gasteiger partial charge on any atom is -0.759 e. The van der Waals surface area contributed by atoms with Crippen LogP contribution < -0.4 is 0 Å². The first-order valence-corrected chi connectivity index (χ1v) is 23.4. The number of aliphatic hydroxyl groups is 12. The summed E-state index contributed by atoms with van der Waals surface area (Å²) in [6.07, 6.45) is 4.52. The van der Waals surface area contributed by atoms with Crippen molar-refractivity contribution in [3.63, 3.8) is 0 Å². The maximum atomic E-state index is 8.55. The number of hydrogen-bond donors (Lipinski definition) is 13. The van der Waals surface area contributed by atoms with Crippen LogP contribution in [0, 0.1) is 0 Å². The first-order valence-electron chi connectivity index (χ1n) is 14.0. The van der Waals surface area contributed by atoms with Crippen molar-refractivity contribution in [2.45, 2.75) is 57.0 Å². The lowest BCUT2D eigenvalue weighted by molar-refractivity contribution is 0.0285. The third kappa shape index (κ3) is 31.0. The van der Waals surface area contributed by atoms with Crippen LogP contribution in [0.3, 0.4) is 0 Å². The van der Waals surface area contributed by atoms with Gasteiger partial charge in [-0.3, -0.25) is 8.42 Å². The van der Waals surface area contributed by atoms with Crippen LogP contribution >= 0.6 is 34.4 Å². The standard InChI is InChI=1S/C6H12O.C5H10OS.3C4H12O4P.H2O4S/c1-6-4-2-3-5-7-6;7-5-3-1-2-4-6-5;3*5-1-9(2-6,3-7)4-8;1-5(2,3)4/h6H,2-5H2,1H3;5,7H,1-4H2;3*5-8H,1-4H2;(H2,1,2,3,4)/q;;3*+1;/p-2. The fraction of sp³-hybridized carbons (Fsp3) is 1.00. The molecule has 0 bridgehead atoms. The molecular weight excluding hydrogens is 721 g/mol. The molecule has 0 saturated carbocycles. The molecule has 2 aliphatic rings. The van der Waals surface area contributed by atoms with Crippen LogP contribution in [0.5, 0.6) is 0 Å². The molecule has 2 saturated heterocycles. The topological polar surface area (TPSA) is 341 Å². The molecule has 18 nitrogen and oxygen atoms in total. The Hall–Kier alpha value is 0.950. The normalized spacial score (nSPS) is 18.3. The zero-order valence-corrected chi connectivity index (χ0v) is 30.7. The lowest BCUT2D eigenvalue weighted by Crippen LogP contribution is -2.14. The number of thiol groups is 1. The van der Waals surface area contributed by atoms with Crippen molar-refractivity contribution < 1.29 is 88.3 Å². The smallest absolute Gasteiger partial charge is 0.161 e. The van der Waals surface area contributed by atoms with Gasteiger partial charge in [-0.05, 0) is 45.4 Å². The van der Waals surface area contributed by atoms with Crippen LogP contribution in [0.1, 0.15) is 45.4 Å². The molecule has 284 valence electrons. The van der Waals surface area contributed by atoms with Crippen molar-refractivity contribution in [2.24, 2.45) is 0 Å². The van der Waals surface area contributed by atoms with Crippen LogP contribution in [0.15, 0.2) is 0 Å². The zero-order valence-electron chi connectivity index (χ0n) is 26.3. The van der Waals surface area contributed by atoms with Crippen LogP contribution in [0.4, 0.5) is 0 Å². The van der Waals surface area contributed by atoms with Crippen LogP contribution in [0.2, 0.25) is 0 Å². The van der Waals surface area contributed by atoms with E-state index in [0.29, 0.717) is 6.10 Å². The van der Waals surface area contributed by atoms with Crippen molar-refractivity contribution in [3.8, 4) is 0 Å². The average Bonchev–Trinajstić information content (AvgIpc) is 3.06. The average molecular weight is 780 g/mol. The summed E-state index contributed by atoms with van der Waals surface area (Å²) in [5, 5.41) is 103. The third-order valence-corrected chi connectivity index (χ3v) is 13.8. The van der Waals surface area contributed by atoms with Gasteiger partial charge >= 0.3 is 0 Å². The molecule has 2 unspecified atom stereocenters. The summed E-state index contributed by atoms with van der Waals surface area (Å²) >= 11 is 4.14. The molecule has 2 fully saturated rings. The SMILES string of the molecule is CC1CCCCO1.O=S(=O)([O-])[O-].OC[P+](CO)(CO)CO.OC[P+](CO)(CO)CO.OC[P+](CO)(CO)CO.SC1CCCCO1. The predicted molar refractivity (Wildman–Crippen MR) is 178 cm³/mol. The second-order valence-corrected chi connectivity index (χ2v) is 23.0. The second-order valence-electron chi connectivity index (χ2n) is 10.1.